The Hall–Kier alpha value is -2.65. The van der Waals surface area contributed by atoms with Crippen molar-refractivity contribution in [1.29, 1.82) is 0 Å². The number of carbonyl (C=O) groups is 1. The molecular formula is C17H14N2O5S2. The summed E-state index contributed by atoms with van der Waals surface area (Å²) >= 11 is 1.25. The van der Waals surface area contributed by atoms with E-state index in [1.54, 1.807) is 36.4 Å². The molecule has 0 atom stereocenters. The number of nitrogens with zero attached hydrogens (tertiary/aromatic N) is 1. The molecule has 9 heteroatoms. The number of nitrogens with one attached hydrogen (secondary N) is 1. The highest BCUT2D eigenvalue weighted by molar-refractivity contribution is 7.91. The lowest BCUT2D eigenvalue weighted by atomic mass is 10.2. The SMILES string of the molecule is O=C(CS(=O)(=O)Cc1ccccc1)Nc1nc2cc3c(cc2s1)OCO3. The van der Waals surface area contributed by atoms with Crippen molar-refractivity contribution in [3.8, 4) is 11.5 Å². The van der Waals surface area contributed by atoms with Crippen LogP contribution in [-0.2, 0) is 20.4 Å². The first-order chi connectivity index (χ1) is 12.5. The number of hydrogen-bond acceptors (Lipinski definition) is 7. The van der Waals surface area contributed by atoms with Gasteiger partial charge in [-0.05, 0) is 5.56 Å². The minimum atomic E-state index is -3.57. The van der Waals surface area contributed by atoms with E-state index in [0.29, 0.717) is 27.7 Å². The summed E-state index contributed by atoms with van der Waals surface area (Å²) < 4.78 is 35.8. The zero-order valence-corrected chi connectivity index (χ0v) is 15.1. The molecule has 0 saturated carbocycles. The minimum Gasteiger partial charge on any atom is -0.454 e. The van der Waals surface area contributed by atoms with Gasteiger partial charge in [0.15, 0.2) is 26.5 Å². The van der Waals surface area contributed by atoms with Crippen LogP contribution < -0.4 is 14.8 Å². The van der Waals surface area contributed by atoms with Crippen LogP contribution in [-0.4, -0.2) is 31.9 Å². The second-order valence-electron chi connectivity index (χ2n) is 5.76. The van der Waals surface area contributed by atoms with Crippen LogP contribution in [0.4, 0.5) is 5.13 Å². The Morgan fingerprint density at radius 3 is 2.65 bits per heavy atom. The fraction of sp³-hybridized carbons (Fsp3) is 0.176. The molecule has 0 aliphatic carbocycles. The van der Waals surface area contributed by atoms with E-state index >= 15 is 0 Å². The van der Waals surface area contributed by atoms with Gasteiger partial charge in [-0.25, -0.2) is 13.4 Å². The van der Waals surface area contributed by atoms with Crippen LogP contribution in [0.15, 0.2) is 42.5 Å². The topological polar surface area (TPSA) is 94.6 Å². The number of amides is 1. The zero-order chi connectivity index (χ0) is 18.1. The van der Waals surface area contributed by atoms with Gasteiger partial charge in [0.25, 0.3) is 0 Å². The van der Waals surface area contributed by atoms with E-state index in [0.717, 1.165) is 4.70 Å². The van der Waals surface area contributed by atoms with E-state index in [-0.39, 0.29) is 12.5 Å². The first-order valence-corrected chi connectivity index (χ1v) is 10.4. The molecule has 1 N–H and O–H groups in total. The molecule has 1 aliphatic rings. The molecule has 26 heavy (non-hydrogen) atoms. The first-order valence-electron chi connectivity index (χ1n) is 7.73. The smallest absolute Gasteiger partial charge is 0.241 e. The van der Waals surface area contributed by atoms with Gasteiger partial charge in [-0.3, -0.25) is 4.79 Å². The van der Waals surface area contributed by atoms with E-state index in [1.165, 1.54) is 11.3 Å². The molecular weight excluding hydrogens is 376 g/mol. The number of fused-ring (bicyclic) bond motifs is 2. The normalized spacial score (nSPS) is 13.1. The predicted molar refractivity (Wildman–Crippen MR) is 98.3 cm³/mol. The molecule has 1 aromatic heterocycles. The molecule has 3 aromatic rings. The van der Waals surface area contributed by atoms with Gasteiger partial charge in [-0.2, -0.15) is 0 Å². The number of anilines is 1. The number of aromatic nitrogens is 1. The molecule has 4 rings (SSSR count). The molecule has 0 bridgehead atoms. The summed E-state index contributed by atoms with van der Waals surface area (Å²) in [6.07, 6.45) is 0. The number of rotatable bonds is 5. The van der Waals surface area contributed by atoms with Crippen molar-refractivity contribution in [2.24, 2.45) is 0 Å². The molecule has 1 amide bonds. The lowest BCUT2D eigenvalue weighted by Crippen LogP contribution is -2.23. The Morgan fingerprint density at radius 2 is 1.88 bits per heavy atom. The Balaban J connectivity index is 1.45. The summed E-state index contributed by atoms with van der Waals surface area (Å²) in [4.78, 5) is 16.4. The van der Waals surface area contributed by atoms with Crippen LogP contribution in [0.3, 0.4) is 0 Å². The standard InChI is InChI=1S/C17H14N2O5S2/c20-16(9-26(21,22)8-11-4-2-1-3-5-11)19-17-18-12-6-13-14(24-10-23-13)7-15(12)25-17/h1-7H,8-10H2,(H,18,19,20). The fourth-order valence-corrected chi connectivity index (χ4v) is 4.77. The van der Waals surface area contributed by atoms with E-state index in [1.807, 2.05) is 6.07 Å². The Bertz CT molecular complexity index is 1040. The van der Waals surface area contributed by atoms with Crippen LogP contribution in [0.25, 0.3) is 10.2 Å². The van der Waals surface area contributed by atoms with Crippen molar-refractivity contribution in [3.63, 3.8) is 0 Å². The maximum absolute atomic E-state index is 12.2. The van der Waals surface area contributed by atoms with E-state index < -0.39 is 21.5 Å². The monoisotopic (exact) mass is 390 g/mol. The highest BCUT2D eigenvalue weighted by atomic mass is 32.2. The van der Waals surface area contributed by atoms with Crippen LogP contribution in [0.1, 0.15) is 5.56 Å². The minimum absolute atomic E-state index is 0.176. The zero-order valence-electron chi connectivity index (χ0n) is 13.5. The number of hydrogen-bond donors (Lipinski definition) is 1. The maximum Gasteiger partial charge on any atom is 0.241 e. The molecule has 0 saturated heterocycles. The van der Waals surface area contributed by atoms with Crippen molar-refractivity contribution in [2.45, 2.75) is 5.75 Å². The summed E-state index contributed by atoms with van der Waals surface area (Å²) in [6.45, 7) is 0.176. The van der Waals surface area contributed by atoms with Gasteiger partial charge in [-0.15, -0.1) is 0 Å². The number of sulfone groups is 1. The third kappa shape index (κ3) is 3.63. The van der Waals surface area contributed by atoms with Gasteiger partial charge in [0.1, 0.15) is 5.75 Å². The third-order valence-corrected chi connectivity index (χ3v) is 6.12. The molecule has 0 fully saturated rings. The number of ether oxygens (including phenoxy) is 2. The molecule has 2 heterocycles. The highest BCUT2D eigenvalue weighted by Gasteiger charge is 2.20. The van der Waals surface area contributed by atoms with E-state index in [9.17, 15) is 13.2 Å². The van der Waals surface area contributed by atoms with E-state index in [2.05, 4.69) is 10.3 Å². The summed E-state index contributed by atoms with van der Waals surface area (Å²) in [5.41, 5.74) is 1.30. The van der Waals surface area contributed by atoms with Crippen molar-refractivity contribution in [3.05, 3.63) is 48.0 Å². The molecule has 7 nitrogen and oxygen atoms in total. The van der Waals surface area contributed by atoms with Crippen LogP contribution >= 0.6 is 11.3 Å². The number of thiazole rings is 1. The molecule has 0 radical (unpaired) electrons. The summed E-state index contributed by atoms with van der Waals surface area (Å²) in [5, 5.41) is 2.89. The van der Waals surface area contributed by atoms with Gasteiger partial charge in [0.2, 0.25) is 12.7 Å². The number of carbonyl (C=O) groups excluding carboxylic acids is 1. The molecule has 0 unspecified atom stereocenters. The van der Waals surface area contributed by atoms with Crippen LogP contribution in [0.2, 0.25) is 0 Å². The molecule has 1 aliphatic heterocycles. The second kappa shape index (κ2) is 6.58. The molecule has 0 spiro atoms. The lowest BCUT2D eigenvalue weighted by molar-refractivity contribution is -0.113. The van der Waals surface area contributed by atoms with Gasteiger partial charge < -0.3 is 14.8 Å². The van der Waals surface area contributed by atoms with Crippen LogP contribution in [0, 0.1) is 0 Å². The Labute approximate surface area is 153 Å². The average molecular weight is 390 g/mol. The quantitative estimate of drug-likeness (QED) is 0.720. The van der Waals surface area contributed by atoms with Crippen molar-refractivity contribution in [2.75, 3.05) is 17.9 Å². The van der Waals surface area contributed by atoms with E-state index in [4.69, 9.17) is 9.47 Å². The number of benzene rings is 2. The molecule has 2 aromatic carbocycles. The fourth-order valence-electron chi connectivity index (χ4n) is 2.61. The Morgan fingerprint density at radius 1 is 1.15 bits per heavy atom. The first kappa shape index (κ1) is 16.8. The van der Waals surface area contributed by atoms with Gasteiger partial charge in [0.05, 0.1) is 16.0 Å². The summed E-state index contributed by atoms with van der Waals surface area (Å²) in [5.74, 6) is -0.154. The summed E-state index contributed by atoms with van der Waals surface area (Å²) in [6, 6.07) is 12.3. The third-order valence-electron chi connectivity index (χ3n) is 3.71. The summed E-state index contributed by atoms with van der Waals surface area (Å²) in [7, 11) is -3.57. The largest absolute Gasteiger partial charge is 0.454 e. The van der Waals surface area contributed by atoms with Crippen molar-refractivity contribution < 1.29 is 22.7 Å². The Kier molecular flexibility index (Phi) is 4.25. The van der Waals surface area contributed by atoms with Crippen LogP contribution in [0.5, 0.6) is 11.5 Å². The highest BCUT2D eigenvalue weighted by Crippen LogP contribution is 2.38. The second-order valence-corrected chi connectivity index (χ2v) is 8.85. The molecule has 134 valence electrons. The maximum atomic E-state index is 12.2. The lowest BCUT2D eigenvalue weighted by Gasteiger charge is -2.04. The van der Waals surface area contributed by atoms with Crippen molar-refractivity contribution in [1.82, 2.24) is 4.98 Å². The van der Waals surface area contributed by atoms with Crippen molar-refractivity contribution >= 4 is 42.4 Å². The average Bonchev–Trinajstić information content (AvgIpc) is 3.17. The van der Waals surface area contributed by atoms with Gasteiger partial charge in [0, 0.05) is 12.1 Å². The van der Waals surface area contributed by atoms with Gasteiger partial charge in [-0.1, -0.05) is 41.7 Å². The predicted octanol–water partition coefficient (Wildman–Crippen LogP) is 2.58. The van der Waals surface area contributed by atoms with Gasteiger partial charge >= 0.3 is 0 Å².